The van der Waals surface area contributed by atoms with Gasteiger partial charge in [0.2, 0.25) is 5.91 Å². The minimum atomic E-state index is -2.12. The molecule has 6 heterocycles. The molecular formula is C38H65NO31. The summed E-state index contributed by atoms with van der Waals surface area (Å²) in [5.41, 5.74) is 0. The highest BCUT2D eigenvalue weighted by Gasteiger charge is 2.55. The zero-order valence-corrected chi connectivity index (χ0v) is 37.0. The molecule has 6 aliphatic heterocycles. The van der Waals surface area contributed by atoms with Crippen molar-refractivity contribution < 1.29 is 154 Å². The maximum Gasteiger partial charge on any atom is 0.217 e. The summed E-state index contributed by atoms with van der Waals surface area (Å²) in [5, 5.41) is 202. The Labute approximate surface area is 395 Å². The van der Waals surface area contributed by atoms with E-state index in [1.807, 2.05) is 0 Å². The largest absolute Gasteiger partial charge is 0.394 e. The van der Waals surface area contributed by atoms with Crippen molar-refractivity contribution in [1.82, 2.24) is 5.32 Å². The van der Waals surface area contributed by atoms with Crippen LogP contribution in [0.15, 0.2) is 0 Å². The van der Waals surface area contributed by atoms with Crippen LogP contribution in [0.2, 0.25) is 0 Å². The van der Waals surface area contributed by atoms with Gasteiger partial charge in [-0.25, -0.2) is 0 Å². The van der Waals surface area contributed by atoms with E-state index in [2.05, 4.69) is 5.32 Å². The highest BCUT2D eigenvalue weighted by atomic mass is 16.8. The van der Waals surface area contributed by atoms with Gasteiger partial charge in [0, 0.05) is 6.92 Å². The van der Waals surface area contributed by atoms with Crippen LogP contribution in [0.5, 0.6) is 0 Å². The van der Waals surface area contributed by atoms with E-state index in [-0.39, 0.29) is 0 Å². The molecule has 32 nitrogen and oxygen atoms in total. The molecule has 0 aromatic carbocycles. The lowest BCUT2D eigenvalue weighted by atomic mass is 9.95. The van der Waals surface area contributed by atoms with Gasteiger partial charge >= 0.3 is 0 Å². The van der Waals surface area contributed by atoms with Gasteiger partial charge in [0.05, 0.1) is 39.6 Å². The molecule has 408 valence electrons. The molecule has 0 unspecified atom stereocenters. The molecule has 70 heavy (non-hydrogen) atoms. The van der Waals surface area contributed by atoms with Crippen molar-refractivity contribution >= 4 is 5.91 Å². The first kappa shape index (κ1) is 57.5. The van der Waals surface area contributed by atoms with Crippen LogP contribution in [0.4, 0.5) is 0 Å². The standard InChI is InChI=1S/C38H65NO31/c1-8(43)39-15-22(50)16(44)9(2-40)64-34(15)69-32-21(49)14(7-61-35-26(54)23(51)17(45)10(3-41)65-35)68-37(30(32)58)62-5-12-19(47)25(53)27(55)36(67-12)60-6-13-20(48)31(29(57)33(59)63-13)70-38-28(56)24(52)18(46)11(4-42)66-38/h9-38,40-42,44-59H,2-7H2,1H3,(H,39,43)/t9-,10-,11-,12-,13-,14-,15-,16-,17-,18-,19-,20-,21-,22-,23+,24+,25+,26-,27-,28-,29-,30-,31+,32+,33-,34+,35-,36-,37-,38+/m1/s1. The SMILES string of the molecule is CC(=O)N[C@H]1[C@H](O[C@@H]2[C@@H](O)[C@H](OC[C@H]3O[C@@H](OC[C@H]4O[C@@H](O)[C@H](O)[C@@H](O[C@@H]5O[C@H](CO)[C@@H](O)[C@H](O)[C@H]5O)[C@@H]4O)[C@H](O)[C@@H](O)[C@@H]3O)O[C@H](CO[C@@H]3O[C@H](CO)[C@@H](O)[C@H](O)[C@H]3O)[C@H]2O)O[C@H](CO)[C@@H](O)[C@@H]1O. The van der Waals surface area contributed by atoms with Crippen LogP contribution in [0.1, 0.15) is 6.92 Å². The first-order chi connectivity index (χ1) is 33.0. The third-order valence-electron chi connectivity index (χ3n) is 12.8. The van der Waals surface area contributed by atoms with Gasteiger partial charge in [-0.15, -0.1) is 0 Å². The summed E-state index contributed by atoms with van der Waals surface area (Å²) in [7, 11) is 0. The number of hydrogen-bond donors (Lipinski definition) is 20. The number of hydrogen-bond acceptors (Lipinski definition) is 31. The monoisotopic (exact) mass is 1030 g/mol. The van der Waals surface area contributed by atoms with Gasteiger partial charge in [-0.05, 0) is 0 Å². The normalized spacial score (nSPS) is 51.5. The van der Waals surface area contributed by atoms with Crippen LogP contribution in [0.25, 0.3) is 0 Å². The Balaban J connectivity index is 1.15. The van der Waals surface area contributed by atoms with E-state index in [0.29, 0.717) is 0 Å². The predicted molar refractivity (Wildman–Crippen MR) is 211 cm³/mol. The number of amides is 1. The molecule has 0 aliphatic carbocycles. The quantitative estimate of drug-likeness (QED) is 0.0643. The molecule has 30 atom stereocenters. The molecule has 6 rings (SSSR count). The Kier molecular flexibility index (Phi) is 20.3. The second-order valence-corrected chi connectivity index (χ2v) is 17.6. The number of aliphatic hydroxyl groups excluding tert-OH is 19. The van der Waals surface area contributed by atoms with Gasteiger partial charge in [0.25, 0.3) is 0 Å². The number of nitrogens with one attached hydrogen (secondary N) is 1. The first-order valence-corrected chi connectivity index (χ1v) is 22.1. The van der Waals surface area contributed by atoms with Crippen molar-refractivity contribution in [3.05, 3.63) is 0 Å². The van der Waals surface area contributed by atoms with Gasteiger partial charge in [0.15, 0.2) is 37.7 Å². The molecule has 6 saturated heterocycles. The molecule has 1 amide bonds. The maximum absolute atomic E-state index is 12.1. The number of carbonyl (C=O) groups is 1. The van der Waals surface area contributed by atoms with Crippen molar-refractivity contribution in [2.75, 3.05) is 39.6 Å². The molecule has 0 bridgehead atoms. The molecule has 0 radical (unpaired) electrons. The zero-order chi connectivity index (χ0) is 51.6. The fraction of sp³-hybridized carbons (Fsp3) is 0.974. The molecular weight excluding hydrogens is 966 g/mol. The third kappa shape index (κ3) is 12.3. The van der Waals surface area contributed by atoms with Crippen molar-refractivity contribution in [3.8, 4) is 0 Å². The fourth-order valence-electron chi connectivity index (χ4n) is 8.60. The maximum atomic E-state index is 12.1. The lowest BCUT2D eigenvalue weighted by Crippen LogP contribution is -2.68. The predicted octanol–water partition coefficient (Wildman–Crippen LogP) is -14.0. The molecule has 6 aliphatic rings. The van der Waals surface area contributed by atoms with Crippen LogP contribution in [-0.4, -0.2) is 327 Å². The molecule has 32 heteroatoms. The van der Waals surface area contributed by atoms with Gasteiger partial charge < -0.3 is 154 Å². The van der Waals surface area contributed by atoms with Crippen molar-refractivity contribution in [2.45, 2.75) is 191 Å². The topological polar surface area (TPSA) is 515 Å². The molecule has 0 spiro atoms. The smallest absolute Gasteiger partial charge is 0.217 e. The summed E-state index contributed by atoms with van der Waals surface area (Å²) < 4.78 is 61.1. The lowest BCUT2D eigenvalue weighted by Gasteiger charge is -2.48. The highest BCUT2D eigenvalue weighted by Crippen LogP contribution is 2.34. The van der Waals surface area contributed by atoms with Crippen molar-refractivity contribution in [2.24, 2.45) is 0 Å². The summed E-state index contributed by atoms with van der Waals surface area (Å²) in [6.45, 7) is -4.09. The molecule has 0 saturated carbocycles. The summed E-state index contributed by atoms with van der Waals surface area (Å²) >= 11 is 0. The summed E-state index contributed by atoms with van der Waals surface area (Å²) in [6.07, 6.45) is -54.1. The second-order valence-electron chi connectivity index (χ2n) is 17.6. The first-order valence-electron chi connectivity index (χ1n) is 22.1. The van der Waals surface area contributed by atoms with E-state index in [1.165, 1.54) is 0 Å². The minimum absolute atomic E-state index is 0.763. The molecule has 0 aromatic heterocycles. The third-order valence-corrected chi connectivity index (χ3v) is 12.8. The average molecular weight is 1030 g/mol. The van der Waals surface area contributed by atoms with Crippen LogP contribution >= 0.6 is 0 Å². The second kappa shape index (κ2) is 24.7. The van der Waals surface area contributed by atoms with Crippen LogP contribution in [-0.2, 0) is 56.9 Å². The molecule has 6 fully saturated rings. The van der Waals surface area contributed by atoms with Gasteiger partial charge in [-0.2, -0.15) is 0 Å². The number of aliphatic hydroxyl groups is 19. The van der Waals surface area contributed by atoms with Crippen molar-refractivity contribution in [1.29, 1.82) is 0 Å². The lowest BCUT2D eigenvalue weighted by molar-refractivity contribution is -0.368. The molecule has 0 aromatic rings. The van der Waals surface area contributed by atoms with E-state index >= 15 is 0 Å². The van der Waals surface area contributed by atoms with Crippen molar-refractivity contribution in [3.63, 3.8) is 0 Å². The van der Waals surface area contributed by atoms with E-state index in [9.17, 15) is 102 Å². The Hall–Kier alpha value is -1.73. The highest BCUT2D eigenvalue weighted by molar-refractivity contribution is 5.73. The van der Waals surface area contributed by atoms with E-state index < -0.39 is 230 Å². The Morgan fingerprint density at radius 2 is 0.700 bits per heavy atom. The van der Waals surface area contributed by atoms with Crippen LogP contribution in [0, 0.1) is 0 Å². The van der Waals surface area contributed by atoms with E-state index in [0.717, 1.165) is 6.92 Å². The average Bonchev–Trinajstić information content (AvgIpc) is 3.33. The van der Waals surface area contributed by atoms with Gasteiger partial charge in [-0.1, -0.05) is 0 Å². The van der Waals surface area contributed by atoms with E-state index in [4.69, 9.17) is 52.1 Å². The summed E-state index contributed by atoms with van der Waals surface area (Å²) in [4.78, 5) is 12.1. The Bertz CT molecular complexity index is 1630. The van der Waals surface area contributed by atoms with E-state index in [1.54, 1.807) is 0 Å². The number of carbonyl (C=O) groups excluding carboxylic acids is 1. The zero-order valence-electron chi connectivity index (χ0n) is 37.0. The minimum Gasteiger partial charge on any atom is -0.394 e. The van der Waals surface area contributed by atoms with Crippen LogP contribution in [0.3, 0.4) is 0 Å². The Morgan fingerprint density at radius 1 is 0.371 bits per heavy atom. The molecule has 20 N–H and O–H groups in total. The summed E-state index contributed by atoms with van der Waals surface area (Å²) in [5.74, 6) is -0.763. The number of ether oxygens (including phenoxy) is 11. The number of rotatable bonds is 17. The van der Waals surface area contributed by atoms with Gasteiger partial charge in [0.1, 0.15) is 146 Å². The van der Waals surface area contributed by atoms with Crippen LogP contribution < -0.4 is 5.32 Å². The van der Waals surface area contributed by atoms with Gasteiger partial charge in [-0.3, -0.25) is 4.79 Å². The fourth-order valence-corrected chi connectivity index (χ4v) is 8.60. The summed E-state index contributed by atoms with van der Waals surface area (Å²) in [6, 6.07) is -1.61. The Morgan fingerprint density at radius 3 is 1.16 bits per heavy atom.